The Labute approximate surface area is 129 Å². The third-order valence-corrected chi connectivity index (χ3v) is 3.54. The largest absolute Gasteiger partial charge is 0.497 e. The van der Waals surface area contributed by atoms with Gasteiger partial charge in [0, 0.05) is 0 Å². The van der Waals surface area contributed by atoms with Gasteiger partial charge in [-0.05, 0) is 40.6 Å². The Kier molecular flexibility index (Phi) is 4.05. The second-order valence-electron chi connectivity index (χ2n) is 5.00. The zero-order valence-corrected chi connectivity index (χ0v) is 12.3. The quantitative estimate of drug-likeness (QED) is 0.660. The number of ether oxygens (including phenoxy) is 2. The fraction of sp³-hybridized carbons (Fsp3) is 0.105. The van der Waals surface area contributed by atoms with Crippen molar-refractivity contribution in [3.63, 3.8) is 0 Å². The van der Waals surface area contributed by atoms with Crippen LogP contribution in [0.1, 0.15) is 15.9 Å². The smallest absolute Gasteiger partial charge is 0.153 e. The lowest BCUT2D eigenvalue weighted by atomic mass is 10.1. The maximum Gasteiger partial charge on any atom is 0.153 e. The summed E-state index contributed by atoms with van der Waals surface area (Å²) < 4.78 is 11.0. The maximum atomic E-state index is 11.3. The van der Waals surface area contributed by atoms with Crippen molar-refractivity contribution in [3.05, 3.63) is 71.8 Å². The van der Waals surface area contributed by atoms with E-state index in [4.69, 9.17) is 9.47 Å². The molecule has 3 aromatic rings. The monoisotopic (exact) mass is 292 g/mol. The highest BCUT2D eigenvalue weighted by atomic mass is 16.5. The van der Waals surface area contributed by atoms with Gasteiger partial charge >= 0.3 is 0 Å². The number of carbonyl (C=O) groups excluding carboxylic acids is 1. The summed E-state index contributed by atoms with van der Waals surface area (Å²) in [7, 11) is 1.62. The third kappa shape index (κ3) is 2.93. The fourth-order valence-electron chi connectivity index (χ4n) is 2.35. The van der Waals surface area contributed by atoms with Gasteiger partial charge in [0.15, 0.2) is 6.29 Å². The molecular formula is C19H16O3. The Hall–Kier alpha value is -2.81. The predicted octanol–water partition coefficient (Wildman–Crippen LogP) is 4.24. The lowest BCUT2D eigenvalue weighted by Gasteiger charge is -2.11. The van der Waals surface area contributed by atoms with E-state index in [1.165, 1.54) is 0 Å². The van der Waals surface area contributed by atoms with E-state index in [1.54, 1.807) is 7.11 Å². The number of fused-ring (bicyclic) bond motifs is 1. The van der Waals surface area contributed by atoms with Gasteiger partial charge in [-0.2, -0.15) is 0 Å². The van der Waals surface area contributed by atoms with Crippen LogP contribution in [0.15, 0.2) is 60.7 Å². The van der Waals surface area contributed by atoms with Crippen LogP contribution in [0.5, 0.6) is 11.5 Å². The van der Waals surface area contributed by atoms with E-state index in [2.05, 4.69) is 0 Å². The van der Waals surface area contributed by atoms with Gasteiger partial charge in [0.25, 0.3) is 0 Å². The van der Waals surface area contributed by atoms with E-state index in [1.807, 2.05) is 60.7 Å². The van der Waals surface area contributed by atoms with Crippen molar-refractivity contribution < 1.29 is 14.3 Å². The molecule has 0 aliphatic rings. The predicted molar refractivity (Wildman–Crippen MR) is 86.7 cm³/mol. The van der Waals surface area contributed by atoms with Gasteiger partial charge in [-0.25, -0.2) is 0 Å². The Morgan fingerprint density at radius 1 is 0.955 bits per heavy atom. The number of aldehydes is 1. The van der Waals surface area contributed by atoms with E-state index in [9.17, 15) is 4.79 Å². The maximum absolute atomic E-state index is 11.3. The molecule has 0 atom stereocenters. The average molecular weight is 292 g/mol. The van der Waals surface area contributed by atoms with Crippen molar-refractivity contribution in [2.24, 2.45) is 0 Å². The highest BCUT2D eigenvalue weighted by Gasteiger charge is 2.07. The minimum absolute atomic E-state index is 0.434. The number of benzene rings is 3. The second-order valence-corrected chi connectivity index (χ2v) is 5.00. The number of hydrogen-bond acceptors (Lipinski definition) is 3. The molecule has 0 aliphatic heterocycles. The van der Waals surface area contributed by atoms with Crippen LogP contribution < -0.4 is 9.47 Å². The summed E-state index contributed by atoms with van der Waals surface area (Å²) in [6.07, 6.45) is 0.819. The van der Waals surface area contributed by atoms with Crippen LogP contribution in [0, 0.1) is 0 Å². The Morgan fingerprint density at radius 3 is 2.50 bits per heavy atom. The topological polar surface area (TPSA) is 35.5 Å². The zero-order chi connectivity index (χ0) is 15.4. The molecule has 0 fully saturated rings. The molecule has 0 spiro atoms. The first kappa shape index (κ1) is 14.1. The van der Waals surface area contributed by atoms with E-state index in [0.29, 0.717) is 17.9 Å². The van der Waals surface area contributed by atoms with E-state index in [-0.39, 0.29) is 0 Å². The van der Waals surface area contributed by atoms with E-state index >= 15 is 0 Å². The summed E-state index contributed by atoms with van der Waals surface area (Å²) in [5.41, 5.74) is 1.60. The molecule has 22 heavy (non-hydrogen) atoms. The highest BCUT2D eigenvalue weighted by Crippen LogP contribution is 2.28. The summed E-state index contributed by atoms with van der Waals surface area (Å²) in [6.45, 7) is 0.434. The van der Waals surface area contributed by atoms with E-state index < -0.39 is 0 Å². The van der Waals surface area contributed by atoms with Gasteiger partial charge < -0.3 is 9.47 Å². The lowest BCUT2D eigenvalue weighted by molar-refractivity contribution is 0.111. The van der Waals surface area contributed by atoms with Gasteiger partial charge in [-0.3, -0.25) is 4.79 Å². The van der Waals surface area contributed by atoms with Crippen LogP contribution in [0.2, 0.25) is 0 Å². The molecular weight excluding hydrogens is 276 g/mol. The van der Waals surface area contributed by atoms with Crippen LogP contribution in [-0.2, 0) is 6.61 Å². The summed E-state index contributed by atoms with van der Waals surface area (Å²) in [4.78, 5) is 11.3. The number of hydrogen-bond donors (Lipinski definition) is 0. The van der Waals surface area contributed by atoms with Crippen LogP contribution in [0.4, 0.5) is 0 Å². The molecule has 3 rings (SSSR count). The van der Waals surface area contributed by atoms with Gasteiger partial charge in [0.2, 0.25) is 0 Å². The first-order valence-electron chi connectivity index (χ1n) is 7.04. The van der Waals surface area contributed by atoms with Crippen molar-refractivity contribution >= 4 is 17.1 Å². The van der Waals surface area contributed by atoms with Crippen LogP contribution in [0.3, 0.4) is 0 Å². The molecule has 3 heteroatoms. The summed E-state index contributed by atoms with van der Waals surface area (Å²) in [6, 6.07) is 19.3. The van der Waals surface area contributed by atoms with Crippen LogP contribution >= 0.6 is 0 Å². The summed E-state index contributed by atoms with van der Waals surface area (Å²) in [5, 5.41) is 1.96. The van der Waals surface area contributed by atoms with Crippen molar-refractivity contribution in [1.82, 2.24) is 0 Å². The Bertz CT molecular complexity index is 794. The molecule has 0 saturated carbocycles. The second kappa shape index (κ2) is 6.31. The normalized spacial score (nSPS) is 10.4. The molecule has 0 heterocycles. The zero-order valence-electron chi connectivity index (χ0n) is 12.3. The van der Waals surface area contributed by atoms with Crippen molar-refractivity contribution in [3.8, 4) is 11.5 Å². The van der Waals surface area contributed by atoms with Crippen molar-refractivity contribution in [2.75, 3.05) is 7.11 Å². The molecule has 3 nitrogen and oxygen atoms in total. The molecule has 0 bridgehead atoms. The SMILES string of the molecule is COc1ccc2cc(OCc3ccccc3)c(C=O)cc2c1. The number of carbonyl (C=O) groups is 1. The molecule has 110 valence electrons. The number of rotatable bonds is 5. The van der Waals surface area contributed by atoms with Crippen LogP contribution in [-0.4, -0.2) is 13.4 Å². The molecule has 0 unspecified atom stereocenters. The molecule has 0 aromatic heterocycles. The van der Waals surface area contributed by atoms with Crippen molar-refractivity contribution in [2.45, 2.75) is 6.61 Å². The molecule has 0 amide bonds. The molecule has 0 aliphatic carbocycles. The first-order valence-corrected chi connectivity index (χ1v) is 7.04. The minimum Gasteiger partial charge on any atom is -0.497 e. The molecule has 3 aromatic carbocycles. The van der Waals surface area contributed by atoms with E-state index in [0.717, 1.165) is 28.4 Å². The number of methoxy groups -OCH3 is 1. The summed E-state index contributed by atoms with van der Waals surface area (Å²) in [5.74, 6) is 1.36. The van der Waals surface area contributed by atoms with Gasteiger partial charge in [-0.1, -0.05) is 36.4 Å². The van der Waals surface area contributed by atoms with Crippen molar-refractivity contribution in [1.29, 1.82) is 0 Å². The minimum atomic E-state index is 0.434. The molecule has 0 radical (unpaired) electrons. The molecule has 0 N–H and O–H groups in total. The third-order valence-electron chi connectivity index (χ3n) is 3.54. The Morgan fingerprint density at radius 2 is 1.77 bits per heavy atom. The summed E-state index contributed by atoms with van der Waals surface area (Å²) >= 11 is 0. The standard InChI is InChI=1S/C19H16O3/c1-21-18-8-7-15-11-19(17(12-20)9-16(15)10-18)22-13-14-5-3-2-4-6-14/h2-12H,13H2,1H3. The van der Waals surface area contributed by atoms with Gasteiger partial charge in [0.1, 0.15) is 18.1 Å². The van der Waals surface area contributed by atoms with Crippen LogP contribution in [0.25, 0.3) is 10.8 Å². The average Bonchev–Trinajstić information content (AvgIpc) is 2.59. The Balaban J connectivity index is 1.93. The fourth-order valence-corrected chi connectivity index (χ4v) is 2.35. The van der Waals surface area contributed by atoms with Gasteiger partial charge in [-0.15, -0.1) is 0 Å². The molecule has 0 saturated heterocycles. The first-order chi connectivity index (χ1) is 10.8. The van der Waals surface area contributed by atoms with Gasteiger partial charge in [0.05, 0.1) is 12.7 Å². The highest BCUT2D eigenvalue weighted by molar-refractivity contribution is 5.93. The lowest BCUT2D eigenvalue weighted by Crippen LogP contribution is -1.98.